The number of amides is 3. The Labute approximate surface area is 247 Å². The zero-order valence-electron chi connectivity index (χ0n) is 25.0. The number of aryl methyl sites for hydroxylation is 1. The Hall–Kier alpha value is -4.53. The van der Waals surface area contributed by atoms with Crippen LogP contribution in [0.25, 0.3) is 0 Å². The lowest BCUT2D eigenvalue weighted by Gasteiger charge is -2.38. The second-order valence-corrected chi connectivity index (χ2v) is 11.4. The van der Waals surface area contributed by atoms with Crippen molar-refractivity contribution in [3.8, 4) is 11.5 Å². The largest absolute Gasteiger partial charge is 0.508 e. The molecule has 0 heterocycles. The van der Waals surface area contributed by atoms with Gasteiger partial charge in [0.1, 0.15) is 29.2 Å². The summed E-state index contributed by atoms with van der Waals surface area (Å²) >= 11 is 0. The first-order valence-electron chi connectivity index (χ1n) is 14.0. The van der Waals surface area contributed by atoms with Crippen molar-refractivity contribution in [1.82, 2.24) is 10.2 Å². The summed E-state index contributed by atoms with van der Waals surface area (Å²) in [6, 6.07) is 17.2. The summed E-state index contributed by atoms with van der Waals surface area (Å²) in [4.78, 5) is 42.9. The first-order chi connectivity index (χ1) is 19.8. The highest BCUT2D eigenvalue weighted by Gasteiger charge is 2.39. The number of rotatable bonds is 10. The monoisotopic (exact) mass is 575 g/mol. The fraction of sp³-hybridized carbons (Fsp3) is 0.364. The molecule has 0 aliphatic heterocycles. The van der Waals surface area contributed by atoms with Crippen LogP contribution >= 0.6 is 0 Å². The van der Waals surface area contributed by atoms with Gasteiger partial charge in [-0.25, -0.2) is 4.79 Å². The number of alkyl carbamates (subject to hydrolysis) is 1. The van der Waals surface area contributed by atoms with Gasteiger partial charge in [0.2, 0.25) is 5.91 Å². The number of nitrogens with zero attached hydrogens (tertiary/aromatic N) is 1. The molecule has 0 saturated carbocycles. The van der Waals surface area contributed by atoms with Crippen molar-refractivity contribution in [1.29, 1.82) is 0 Å². The van der Waals surface area contributed by atoms with Gasteiger partial charge in [-0.1, -0.05) is 49.4 Å². The molecule has 3 atom stereocenters. The lowest BCUT2D eigenvalue weighted by molar-refractivity contribution is -0.143. The molecule has 3 unspecified atom stereocenters. The molecule has 3 amide bonds. The normalized spacial score (nSPS) is 13.4. The summed E-state index contributed by atoms with van der Waals surface area (Å²) in [6.07, 6.45) is -0.184. The molecule has 9 nitrogen and oxygen atoms in total. The Kier molecular flexibility index (Phi) is 10.6. The van der Waals surface area contributed by atoms with Crippen molar-refractivity contribution >= 4 is 23.6 Å². The van der Waals surface area contributed by atoms with Crippen molar-refractivity contribution in [3.05, 3.63) is 89.5 Å². The van der Waals surface area contributed by atoms with Gasteiger partial charge in [-0.3, -0.25) is 9.59 Å². The Bertz CT molecular complexity index is 1380. The highest BCUT2D eigenvalue weighted by Crippen LogP contribution is 2.30. The average Bonchev–Trinajstić information content (AvgIpc) is 2.92. The highest BCUT2D eigenvalue weighted by atomic mass is 16.6. The lowest BCUT2D eigenvalue weighted by atomic mass is 9.97. The number of benzene rings is 3. The van der Waals surface area contributed by atoms with Gasteiger partial charge in [0.25, 0.3) is 5.91 Å². The number of carbonyl (C=O) groups is 3. The fourth-order valence-corrected chi connectivity index (χ4v) is 4.54. The van der Waals surface area contributed by atoms with Crippen molar-refractivity contribution in [2.24, 2.45) is 0 Å². The van der Waals surface area contributed by atoms with E-state index in [1.807, 2.05) is 39.0 Å². The topological polar surface area (TPSA) is 128 Å². The Morgan fingerprint density at radius 3 is 2.19 bits per heavy atom. The Morgan fingerprint density at radius 1 is 0.929 bits per heavy atom. The van der Waals surface area contributed by atoms with E-state index in [4.69, 9.17) is 4.74 Å². The number of hydrogen-bond donors (Lipinski definition) is 4. The summed E-state index contributed by atoms with van der Waals surface area (Å²) in [5, 5.41) is 25.7. The number of para-hydroxylation sites is 1. The Morgan fingerprint density at radius 2 is 1.60 bits per heavy atom. The van der Waals surface area contributed by atoms with Gasteiger partial charge in [0.05, 0.1) is 0 Å². The summed E-state index contributed by atoms with van der Waals surface area (Å²) in [5.41, 5.74) is 1.74. The molecule has 42 heavy (non-hydrogen) atoms. The molecule has 0 radical (unpaired) electrons. The minimum absolute atomic E-state index is 0.0507. The fourth-order valence-electron chi connectivity index (χ4n) is 4.54. The molecule has 224 valence electrons. The minimum Gasteiger partial charge on any atom is -0.508 e. The smallest absolute Gasteiger partial charge is 0.408 e. The number of aromatic hydroxyl groups is 2. The molecule has 0 aliphatic rings. The van der Waals surface area contributed by atoms with E-state index < -0.39 is 41.6 Å². The maximum absolute atomic E-state index is 14.5. The standard InChI is InChI=1S/C33H41N3O6/c1-7-22(3)36(29(24-12-10-13-26(38)20-24)30(39)34-27-14-9-8-11-21(27)2)31(40)28(35-32(41)42-33(4,5)6)19-23-15-17-25(37)18-16-23/h8-18,20,22,28-29,37-38H,7,19H2,1-6H3,(H,34,39)(H,35,41). The van der Waals surface area contributed by atoms with E-state index in [2.05, 4.69) is 10.6 Å². The van der Waals surface area contributed by atoms with E-state index in [0.717, 1.165) is 5.56 Å². The maximum atomic E-state index is 14.5. The molecule has 0 saturated heterocycles. The van der Waals surface area contributed by atoms with Gasteiger partial charge < -0.3 is 30.5 Å². The number of phenolic OH excluding ortho intramolecular Hbond substituents is 2. The van der Waals surface area contributed by atoms with Crippen LogP contribution in [0.5, 0.6) is 11.5 Å². The number of ether oxygens (including phenoxy) is 1. The van der Waals surface area contributed by atoms with Gasteiger partial charge in [-0.15, -0.1) is 0 Å². The van der Waals surface area contributed by atoms with Crippen LogP contribution in [0.3, 0.4) is 0 Å². The van der Waals surface area contributed by atoms with Crippen molar-refractivity contribution in [3.63, 3.8) is 0 Å². The molecular weight excluding hydrogens is 534 g/mol. The van der Waals surface area contributed by atoms with Gasteiger partial charge in [-0.05, 0) is 88.1 Å². The number of hydrogen-bond acceptors (Lipinski definition) is 6. The van der Waals surface area contributed by atoms with Crippen molar-refractivity contribution in [2.75, 3.05) is 5.32 Å². The average molecular weight is 576 g/mol. The Balaban J connectivity index is 2.10. The lowest BCUT2D eigenvalue weighted by Crippen LogP contribution is -2.55. The van der Waals surface area contributed by atoms with Gasteiger partial charge in [-0.2, -0.15) is 0 Å². The second-order valence-electron chi connectivity index (χ2n) is 11.4. The summed E-state index contributed by atoms with van der Waals surface area (Å²) < 4.78 is 5.47. The summed E-state index contributed by atoms with van der Waals surface area (Å²) in [6.45, 7) is 10.8. The van der Waals surface area contributed by atoms with Crippen LogP contribution in [0.2, 0.25) is 0 Å². The van der Waals surface area contributed by atoms with Crippen LogP contribution in [0.1, 0.15) is 63.8 Å². The molecule has 0 aliphatic carbocycles. The molecule has 3 rings (SSSR count). The van der Waals surface area contributed by atoms with Crippen LogP contribution in [0.15, 0.2) is 72.8 Å². The van der Waals surface area contributed by atoms with Crippen molar-refractivity contribution < 1.29 is 29.3 Å². The highest BCUT2D eigenvalue weighted by molar-refractivity contribution is 5.99. The molecule has 3 aromatic rings. The third-order valence-corrected chi connectivity index (χ3v) is 6.80. The first-order valence-corrected chi connectivity index (χ1v) is 14.0. The summed E-state index contributed by atoms with van der Waals surface area (Å²) in [7, 11) is 0. The van der Waals surface area contributed by atoms with Crippen molar-refractivity contribution in [2.45, 2.75) is 78.1 Å². The maximum Gasteiger partial charge on any atom is 0.408 e. The predicted octanol–water partition coefficient (Wildman–Crippen LogP) is 5.85. The van der Waals surface area contributed by atoms with Crippen LogP contribution in [-0.2, 0) is 20.7 Å². The molecule has 0 fully saturated rings. The van der Waals surface area contributed by atoms with E-state index >= 15 is 0 Å². The minimum atomic E-state index is -1.14. The van der Waals surface area contributed by atoms with Crippen LogP contribution < -0.4 is 10.6 Å². The number of phenols is 2. The van der Waals surface area contributed by atoms with E-state index in [1.54, 1.807) is 51.1 Å². The number of nitrogens with one attached hydrogen (secondary N) is 2. The molecule has 9 heteroatoms. The van der Waals surface area contributed by atoms with E-state index in [-0.39, 0.29) is 17.9 Å². The number of carbonyl (C=O) groups excluding carboxylic acids is 3. The van der Waals surface area contributed by atoms with E-state index in [0.29, 0.717) is 23.2 Å². The van der Waals surface area contributed by atoms with Crippen LogP contribution in [-0.4, -0.2) is 50.7 Å². The molecule has 0 aromatic heterocycles. The van der Waals surface area contributed by atoms with E-state index in [1.165, 1.54) is 29.2 Å². The van der Waals surface area contributed by atoms with Crippen LogP contribution in [0.4, 0.5) is 10.5 Å². The van der Waals surface area contributed by atoms with Gasteiger partial charge in [0, 0.05) is 18.2 Å². The predicted molar refractivity (Wildman–Crippen MR) is 162 cm³/mol. The van der Waals surface area contributed by atoms with Crippen LogP contribution in [0, 0.1) is 6.92 Å². The molecule has 0 spiro atoms. The third-order valence-electron chi connectivity index (χ3n) is 6.80. The SMILES string of the molecule is CCC(C)N(C(=O)C(Cc1ccc(O)cc1)NC(=O)OC(C)(C)C)C(C(=O)Nc1ccccc1C)c1cccc(O)c1. The third kappa shape index (κ3) is 8.73. The molecule has 4 N–H and O–H groups in total. The molecule has 0 bridgehead atoms. The summed E-state index contributed by atoms with van der Waals surface area (Å²) in [5.74, 6) is -0.953. The number of anilines is 1. The second kappa shape index (κ2) is 13.9. The van der Waals surface area contributed by atoms with E-state index in [9.17, 15) is 24.6 Å². The molecular formula is C33H41N3O6. The zero-order valence-corrected chi connectivity index (χ0v) is 25.0. The quantitative estimate of drug-likeness (QED) is 0.240. The van der Waals surface area contributed by atoms with Gasteiger partial charge in [0.15, 0.2) is 0 Å². The first kappa shape index (κ1) is 32.0. The zero-order chi connectivity index (χ0) is 31.0. The van der Waals surface area contributed by atoms with Gasteiger partial charge >= 0.3 is 6.09 Å². The molecule has 3 aromatic carbocycles.